The van der Waals surface area contributed by atoms with Crippen molar-refractivity contribution in [1.29, 1.82) is 0 Å². The van der Waals surface area contributed by atoms with E-state index in [1.807, 2.05) is 0 Å². The van der Waals surface area contributed by atoms with Crippen molar-refractivity contribution in [3.05, 3.63) is 24.2 Å². The third-order valence-corrected chi connectivity index (χ3v) is 0.998. The van der Waals surface area contributed by atoms with Gasteiger partial charge in [0.2, 0.25) is 0 Å². The van der Waals surface area contributed by atoms with Crippen LogP contribution in [0.2, 0.25) is 0 Å². The van der Waals surface area contributed by atoms with E-state index in [4.69, 9.17) is 14.5 Å². The zero-order valence-corrected chi connectivity index (χ0v) is 4.82. The SMILES string of the molecule is OB(O)Cc1ccoc1. The van der Waals surface area contributed by atoms with Gasteiger partial charge in [-0.25, -0.2) is 0 Å². The van der Waals surface area contributed by atoms with Gasteiger partial charge in [0, 0.05) is 6.32 Å². The Hall–Kier alpha value is -0.735. The molecule has 0 bridgehead atoms. The number of hydrogen-bond acceptors (Lipinski definition) is 3. The lowest BCUT2D eigenvalue weighted by molar-refractivity contribution is 0.405. The van der Waals surface area contributed by atoms with Gasteiger partial charge in [0.1, 0.15) is 0 Å². The first-order chi connectivity index (χ1) is 4.29. The largest absolute Gasteiger partial charge is 0.472 e. The summed E-state index contributed by atoms with van der Waals surface area (Å²) in [6.07, 6.45) is 3.22. The Balaban J connectivity index is 2.48. The first-order valence-corrected chi connectivity index (χ1v) is 2.66. The molecule has 0 aliphatic rings. The molecule has 0 saturated carbocycles. The summed E-state index contributed by atoms with van der Waals surface area (Å²) in [7, 11) is -1.28. The molecule has 0 amide bonds. The maximum atomic E-state index is 8.44. The van der Waals surface area contributed by atoms with E-state index < -0.39 is 7.12 Å². The van der Waals surface area contributed by atoms with Crippen LogP contribution in [0, 0.1) is 0 Å². The molecule has 1 aromatic rings. The second-order valence-corrected chi connectivity index (χ2v) is 1.82. The zero-order valence-electron chi connectivity index (χ0n) is 4.82. The van der Waals surface area contributed by atoms with Crippen LogP contribution in [0.3, 0.4) is 0 Å². The molecule has 1 aromatic heterocycles. The molecule has 0 aliphatic carbocycles. The predicted molar refractivity (Wildman–Crippen MR) is 32.6 cm³/mol. The van der Waals surface area contributed by atoms with Crippen LogP contribution in [0.5, 0.6) is 0 Å². The molecule has 4 heteroatoms. The zero-order chi connectivity index (χ0) is 6.69. The van der Waals surface area contributed by atoms with Crippen LogP contribution in [0.1, 0.15) is 5.56 Å². The molecule has 48 valence electrons. The average Bonchev–Trinajstić information content (AvgIpc) is 2.15. The van der Waals surface area contributed by atoms with E-state index in [0.29, 0.717) is 0 Å². The van der Waals surface area contributed by atoms with E-state index in [1.165, 1.54) is 12.5 Å². The molecule has 0 aromatic carbocycles. The molecule has 1 heterocycles. The fourth-order valence-electron chi connectivity index (χ4n) is 0.620. The highest BCUT2D eigenvalue weighted by Gasteiger charge is 2.07. The monoisotopic (exact) mass is 126 g/mol. The molecule has 9 heavy (non-hydrogen) atoms. The predicted octanol–water partition coefficient (Wildman–Crippen LogP) is -0.166. The number of furan rings is 1. The quantitative estimate of drug-likeness (QED) is 0.541. The van der Waals surface area contributed by atoms with Crippen LogP contribution in [0.15, 0.2) is 23.0 Å². The van der Waals surface area contributed by atoms with Gasteiger partial charge in [-0.1, -0.05) is 0 Å². The summed E-state index contributed by atoms with van der Waals surface area (Å²) >= 11 is 0. The van der Waals surface area contributed by atoms with E-state index in [2.05, 4.69) is 0 Å². The van der Waals surface area contributed by atoms with Gasteiger partial charge in [-0.2, -0.15) is 0 Å². The van der Waals surface area contributed by atoms with Gasteiger partial charge in [-0.3, -0.25) is 0 Å². The van der Waals surface area contributed by atoms with Crippen molar-refractivity contribution in [3.8, 4) is 0 Å². The van der Waals surface area contributed by atoms with Crippen molar-refractivity contribution in [2.45, 2.75) is 6.32 Å². The van der Waals surface area contributed by atoms with Crippen molar-refractivity contribution in [2.24, 2.45) is 0 Å². The lowest BCUT2D eigenvalue weighted by Gasteiger charge is -1.90. The first kappa shape index (κ1) is 6.39. The van der Waals surface area contributed by atoms with E-state index in [1.54, 1.807) is 6.07 Å². The van der Waals surface area contributed by atoms with Crippen LogP contribution in [0.25, 0.3) is 0 Å². The standard InChI is InChI=1S/C5H7BO3/c7-6(8)3-5-1-2-9-4-5/h1-2,4,7-8H,3H2. The molecule has 0 fully saturated rings. The summed E-state index contributed by atoms with van der Waals surface area (Å²) in [6, 6.07) is 1.69. The van der Waals surface area contributed by atoms with Crippen molar-refractivity contribution in [1.82, 2.24) is 0 Å². The number of rotatable bonds is 2. The normalized spacial score (nSPS) is 9.56. The fraction of sp³-hybridized carbons (Fsp3) is 0.200. The fourth-order valence-corrected chi connectivity index (χ4v) is 0.620. The van der Waals surface area contributed by atoms with E-state index in [9.17, 15) is 0 Å². The second kappa shape index (κ2) is 2.71. The Kier molecular flexibility index (Phi) is 1.92. The maximum Gasteiger partial charge on any atom is 0.456 e. The molecule has 3 nitrogen and oxygen atoms in total. The summed E-state index contributed by atoms with van der Waals surface area (Å²) in [5, 5.41) is 16.9. The van der Waals surface area contributed by atoms with Crippen LogP contribution in [-0.2, 0) is 6.32 Å². The van der Waals surface area contributed by atoms with Gasteiger partial charge < -0.3 is 14.5 Å². The van der Waals surface area contributed by atoms with E-state index in [-0.39, 0.29) is 6.32 Å². The molecular weight excluding hydrogens is 119 g/mol. The smallest absolute Gasteiger partial charge is 0.456 e. The minimum Gasteiger partial charge on any atom is -0.472 e. The molecule has 0 atom stereocenters. The summed E-state index contributed by atoms with van der Waals surface area (Å²) in [6.45, 7) is 0. The molecule has 0 radical (unpaired) electrons. The van der Waals surface area contributed by atoms with Gasteiger partial charge in [0.05, 0.1) is 12.5 Å². The summed E-state index contributed by atoms with van der Waals surface area (Å²) < 4.78 is 4.69. The minimum atomic E-state index is -1.28. The Morgan fingerprint density at radius 3 is 2.78 bits per heavy atom. The molecule has 1 rings (SSSR count). The molecule has 0 aliphatic heterocycles. The topological polar surface area (TPSA) is 53.6 Å². The lowest BCUT2D eigenvalue weighted by atomic mass is 9.83. The second-order valence-electron chi connectivity index (χ2n) is 1.82. The third-order valence-electron chi connectivity index (χ3n) is 0.998. The van der Waals surface area contributed by atoms with Crippen LogP contribution < -0.4 is 0 Å². The highest BCUT2D eigenvalue weighted by atomic mass is 16.4. The van der Waals surface area contributed by atoms with Gasteiger partial charge in [-0.05, 0) is 11.6 Å². The highest BCUT2D eigenvalue weighted by Crippen LogP contribution is 2.00. The third kappa shape index (κ3) is 1.91. The van der Waals surface area contributed by atoms with Crippen LogP contribution in [0.4, 0.5) is 0 Å². The first-order valence-electron chi connectivity index (χ1n) is 2.66. The van der Waals surface area contributed by atoms with Crippen molar-refractivity contribution < 1.29 is 14.5 Å². The number of hydrogen-bond donors (Lipinski definition) is 2. The Morgan fingerprint density at radius 2 is 2.33 bits per heavy atom. The Labute approximate surface area is 53.1 Å². The average molecular weight is 126 g/mol. The molecule has 0 saturated heterocycles. The summed E-state index contributed by atoms with van der Waals surface area (Å²) in [5.41, 5.74) is 0.796. The Bertz CT molecular complexity index is 159. The summed E-state index contributed by atoms with van der Waals surface area (Å²) in [5.74, 6) is 0. The van der Waals surface area contributed by atoms with Gasteiger partial charge in [-0.15, -0.1) is 0 Å². The van der Waals surface area contributed by atoms with Crippen LogP contribution in [-0.4, -0.2) is 17.2 Å². The minimum absolute atomic E-state index is 0.233. The van der Waals surface area contributed by atoms with Gasteiger partial charge in [0.25, 0.3) is 0 Å². The van der Waals surface area contributed by atoms with E-state index in [0.717, 1.165) is 5.56 Å². The maximum absolute atomic E-state index is 8.44. The van der Waals surface area contributed by atoms with E-state index >= 15 is 0 Å². The van der Waals surface area contributed by atoms with Gasteiger partial charge in [0.15, 0.2) is 0 Å². The lowest BCUT2D eigenvalue weighted by Crippen LogP contribution is -2.14. The Morgan fingerprint density at radius 1 is 1.56 bits per heavy atom. The molecular formula is C5H7BO3. The molecule has 0 unspecified atom stereocenters. The van der Waals surface area contributed by atoms with Crippen molar-refractivity contribution >= 4 is 7.12 Å². The van der Waals surface area contributed by atoms with Crippen molar-refractivity contribution in [2.75, 3.05) is 0 Å². The molecule has 0 spiro atoms. The molecule has 2 N–H and O–H groups in total. The van der Waals surface area contributed by atoms with Crippen LogP contribution >= 0.6 is 0 Å². The van der Waals surface area contributed by atoms with Crippen molar-refractivity contribution in [3.63, 3.8) is 0 Å². The summed E-state index contributed by atoms with van der Waals surface area (Å²) in [4.78, 5) is 0. The van der Waals surface area contributed by atoms with Gasteiger partial charge >= 0.3 is 7.12 Å². The highest BCUT2D eigenvalue weighted by molar-refractivity contribution is 6.40.